The van der Waals surface area contributed by atoms with E-state index in [9.17, 15) is 34.3 Å². The Hall–Kier alpha value is -3.99. The molecule has 1 aliphatic rings. The van der Waals surface area contributed by atoms with Gasteiger partial charge in [-0.3, -0.25) is 19.7 Å². The highest BCUT2D eigenvalue weighted by atomic mass is 19.1. The van der Waals surface area contributed by atoms with E-state index in [1.807, 2.05) is 0 Å². The van der Waals surface area contributed by atoms with E-state index in [4.69, 9.17) is 0 Å². The second-order valence-corrected chi connectivity index (χ2v) is 8.09. The highest BCUT2D eigenvalue weighted by Crippen LogP contribution is 2.34. The van der Waals surface area contributed by atoms with Crippen LogP contribution in [-0.4, -0.2) is 67.6 Å². The average molecular weight is 456 g/mol. The third kappa shape index (κ3) is 3.55. The number of aromatic nitrogens is 1. The number of nitrogens with one attached hydrogen (secondary N) is 1. The van der Waals surface area contributed by atoms with Gasteiger partial charge in [-0.15, -0.1) is 0 Å². The Morgan fingerprint density at radius 1 is 1.24 bits per heavy atom. The number of halogens is 1. The molecule has 0 saturated carbocycles. The first-order chi connectivity index (χ1) is 15.5. The van der Waals surface area contributed by atoms with Gasteiger partial charge in [0.2, 0.25) is 17.4 Å². The molecular weight excluding hydrogens is 435 g/mol. The van der Waals surface area contributed by atoms with E-state index in [1.165, 1.54) is 38.5 Å². The average Bonchev–Trinajstić information content (AvgIpc) is 3.16. The molecule has 2 heterocycles. The Kier molecular flexibility index (Phi) is 5.29. The number of hydrogen-bond donors (Lipinski definition) is 3. The fourth-order valence-electron chi connectivity index (χ4n) is 4.30. The summed E-state index contributed by atoms with van der Waals surface area (Å²) < 4.78 is 14.2. The SMILES string of the molecule is CN1C(=O)[C@](O)(Cc2cccc(O)c2)N(C)C(=O)[C@@H]1Cc1c[nH]c2ccc(F)c([N+](=O)[O-])c12. The molecule has 0 spiro atoms. The van der Waals surface area contributed by atoms with Crippen LogP contribution in [0.4, 0.5) is 10.1 Å². The summed E-state index contributed by atoms with van der Waals surface area (Å²) in [4.78, 5) is 41.9. The number of benzene rings is 2. The monoisotopic (exact) mass is 456 g/mol. The number of hydrogen-bond acceptors (Lipinski definition) is 6. The van der Waals surface area contributed by atoms with Crippen LogP contribution >= 0.6 is 0 Å². The van der Waals surface area contributed by atoms with E-state index < -0.39 is 40.0 Å². The number of aromatic hydroxyl groups is 1. The van der Waals surface area contributed by atoms with Gasteiger partial charge in [0.1, 0.15) is 11.8 Å². The van der Waals surface area contributed by atoms with E-state index in [0.29, 0.717) is 16.6 Å². The third-order valence-electron chi connectivity index (χ3n) is 6.11. The Bertz CT molecular complexity index is 1290. The van der Waals surface area contributed by atoms with Crippen LogP contribution in [0.1, 0.15) is 11.1 Å². The van der Waals surface area contributed by atoms with Crippen LogP contribution in [-0.2, 0) is 22.4 Å². The summed E-state index contributed by atoms with van der Waals surface area (Å²) in [6.07, 6.45) is 1.07. The van der Waals surface area contributed by atoms with Crippen molar-refractivity contribution >= 4 is 28.4 Å². The molecule has 4 rings (SSSR count). The number of phenolic OH excluding ortho intramolecular Hbond substituents is 1. The van der Waals surface area contributed by atoms with Gasteiger partial charge in [-0.25, -0.2) is 0 Å². The van der Waals surface area contributed by atoms with E-state index in [2.05, 4.69) is 4.98 Å². The standard InChI is InChI=1S/C22H21FN4O6/c1-25-17(9-13-11-24-16-7-6-15(23)19(18(13)16)27(32)33)20(29)26(2)22(31,21(25)30)10-12-4-3-5-14(28)8-12/h3-8,11,17,24,28,31H,9-10H2,1-2H3/t17-,22+/m0/s1. The molecule has 0 bridgehead atoms. The second kappa shape index (κ2) is 7.85. The van der Waals surface area contributed by atoms with Crippen LogP contribution in [0.5, 0.6) is 5.75 Å². The van der Waals surface area contributed by atoms with Gasteiger partial charge < -0.3 is 25.0 Å². The molecular formula is C22H21FN4O6. The molecule has 1 fully saturated rings. The number of piperazine rings is 1. The summed E-state index contributed by atoms with van der Waals surface area (Å²) >= 11 is 0. The second-order valence-electron chi connectivity index (χ2n) is 8.09. The molecule has 172 valence electrons. The largest absolute Gasteiger partial charge is 0.508 e. The topological polar surface area (TPSA) is 140 Å². The molecule has 0 radical (unpaired) electrons. The van der Waals surface area contributed by atoms with Gasteiger partial charge in [-0.2, -0.15) is 4.39 Å². The number of phenols is 1. The summed E-state index contributed by atoms with van der Waals surface area (Å²) in [6.45, 7) is 0. The van der Waals surface area contributed by atoms with Gasteiger partial charge in [0, 0.05) is 33.1 Å². The Labute approximate surface area is 187 Å². The number of aliphatic hydroxyl groups is 1. The van der Waals surface area contributed by atoms with E-state index in [-0.39, 0.29) is 24.0 Å². The van der Waals surface area contributed by atoms with Gasteiger partial charge in [0.15, 0.2) is 0 Å². The van der Waals surface area contributed by atoms with Crippen molar-refractivity contribution in [2.75, 3.05) is 14.1 Å². The van der Waals surface area contributed by atoms with Crippen LogP contribution in [0.2, 0.25) is 0 Å². The summed E-state index contributed by atoms with van der Waals surface area (Å²) in [7, 11) is 2.65. The Morgan fingerprint density at radius 3 is 2.64 bits per heavy atom. The lowest BCUT2D eigenvalue weighted by Crippen LogP contribution is -2.70. The Morgan fingerprint density at radius 2 is 1.97 bits per heavy atom. The van der Waals surface area contributed by atoms with E-state index in [1.54, 1.807) is 12.1 Å². The predicted molar refractivity (Wildman–Crippen MR) is 115 cm³/mol. The number of nitro groups is 1. The molecule has 1 aliphatic heterocycles. The molecule has 1 aromatic heterocycles. The molecule has 3 aromatic rings. The first-order valence-corrected chi connectivity index (χ1v) is 10.0. The number of aromatic amines is 1. The van der Waals surface area contributed by atoms with Crippen LogP contribution in [0.25, 0.3) is 10.9 Å². The van der Waals surface area contributed by atoms with Gasteiger partial charge in [-0.1, -0.05) is 12.1 Å². The molecule has 1 saturated heterocycles. The number of amides is 2. The fourth-order valence-corrected chi connectivity index (χ4v) is 4.30. The number of carbonyl (C=O) groups is 2. The minimum absolute atomic E-state index is 0.0249. The number of carbonyl (C=O) groups excluding carboxylic acids is 2. The zero-order valence-electron chi connectivity index (χ0n) is 17.8. The minimum Gasteiger partial charge on any atom is -0.508 e. The lowest BCUT2D eigenvalue weighted by atomic mass is 9.92. The Balaban J connectivity index is 1.68. The quantitative estimate of drug-likeness (QED) is 0.394. The maximum Gasteiger partial charge on any atom is 0.314 e. The molecule has 3 N–H and O–H groups in total. The summed E-state index contributed by atoms with van der Waals surface area (Å²) in [5.74, 6) is -2.40. The van der Waals surface area contributed by atoms with E-state index in [0.717, 1.165) is 15.9 Å². The van der Waals surface area contributed by atoms with Crippen molar-refractivity contribution in [2.45, 2.75) is 24.6 Å². The number of nitrogens with zero attached hydrogens (tertiary/aromatic N) is 3. The maximum atomic E-state index is 14.2. The third-order valence-corrected chi connectivity index (χ3v) is 6.11. The van der Waals surface area contributed by atoms with Crippen molar-refractivity contribution < 1.29 is 29.1 Å². The fraction of sp³-hybridized carbons (Fsp3) is 0.273. The molecule has 0 unspecified atom stereocenters. The van der Waals surface area contributed by atoms with Gasteiger partial charge in [0.05, 0.1) is 15.8 Å². The highest BCUT2D eigenvalue weighted by molar-refractivity contribution is 5.99. The molecule has 2 atom stereocenters. The first-order valence-electron chi connectivity index (χ1n) is 10.0. The molecule has 11 heteroatoms. The summed E-state index contributed by atoms with van der Waals surface area (Å²) in [6, 6.07) is 7.25. The normalized spacial score (nSPS) is 21.2. The number of nitro benzene ring substituents is 1. The van der Waals surface area contributed by atoms with Crippen molar-refractivity contribution in [3.05, 3.63) is 69.7 Å². The maximum absolute atomic E-state index is 14.2. The van der Waals surface area contributed by atoms with Crippen LogP contribution < -0.4 is 0 Å². The summed E-state index contributed by atoms with van der Waals surface area (Å²) in [5, 5.41) is 32.3. The van der Waals surface area contributed by atoms with Crippen molar-refractivity contribution in [1.82, 2.24) is 14.8 Å². The molecule has 10 nitrogen and oxygen atoms in total. The molecule has 2 amide bonds. The number of fused-ring (bicyclic) bond motifs is 1. The summed E-state index contributed by atoms with van der Waals surface area (Å²) in [5.41, 5.74) is -1.84. The van der Waals surface area contributed by atoms with Crippen LogP contribution in [0, 0.1) is 15.9 Å². The van der Waals surface area contributed by atoms with Gasteiger partial charge >= 0.3 is 5.69 Å². The van der Waals surface area contributed by atoms with Crippen molar-refractivity contribution in [3.63, 3.8) is 0 Å². The van der Waals surface area contributed by atoms with E-state index >= 15 is 0 Å². The number of H-pyrrole nitrogens is 1. The number of likely N-dealkylation sites (N-methyl/N-ethyl adjacent to an activating group) is 2. The van der Waals surface area contributed by atoms with Crippen LogP contribution in [0.15, 0.2) is 42.6 Å². The predicted octanol–water partition coefficient (Wildman–Crippen LogP) is 1.69. The number of rotatable bonds is 5. The lowest BCUT2D eigenvalue weighted by Gasteiger charge is -2.47. The molecule has 0 aliphatic carbocycles. The van der Waals surface area contributed by atoms with Crippen molar-refractivity contribution in [3.8, 4) is 5.75 Å². The lowest BCUT2D eigenvalue weighted by molar-refractivity contribution is -0.385. The smallest absolute Gasteiger partial charge is 0.314 e. The minimum atomic E-state index is -2.19. The van der Waals surface area contributed by atoms with Gasteiger partial charge in [-0.05, 0) is 35.4 Å². The zero-order valence-corrected chi connectivity index (χ0v) is 17.8. The highest BCUT2D eigenvalue weighted by Gasteiger charge is 2.53. The molecule has 2 aromatic carbocycles. The molecule has 33 heavy (non-hydrogen) atoms. The van der Waals surface area contributed by atoms with Gasteiger partial charge in [0.25, 0.3) is 5.91 Å². The van der Waals surface area contributed by atoms with Crippen molar-refractivity contribution in [2.24, 2.45) is 0 Å². The first kappa shape index (κ1) is 22.2. The van der Waals surface area contributed by atoms with Crippen molar-refractivity contribution in [1.29, 1.82) is 0 Å². The van der Waals surface area contributed by atoms with Crippen LogP contribution in [0.3, 0.4) is 0 Å². The zero-order chi connectivity index (χ0) is 24.1.